The first-order valence-corrected chi connectivity index (χ1v) is 8.11. The summed E-state index contributed by atoms with van der Waals surface area (Å²) in [5.74, 6) is -0.108. The molecule has 122 valence electrons. The predicted octanol–water partition coefficient (Wildman–Crippen LogP) is 2.53. The highest BCUT2D eigenvalue weighted by atomic mass is 16.6. The zero-order valence-corrected chi connectivity index (χ0v) is 13.5. The lowest BCUT2D eigenvalue weighted by Gasteiger charge is -2.48. The molecule has 22 heavy (non-hydrogen) atoms. The lowest BCUT2D eigenvalue weighted by Crippen LogP contribution is -2.57. The Bertz CT molecular complexity index is 511. The molecule has 3 aliphatic rings. The number of rotatable bonds is 0. The summed E-state index contributed by atoms with van der Waals surface area (Å²) >= 11 is 0. The molecule has 0 spiro atoms. The third-order valence-corrected chi connectivity index (χ3v) is 4.99. The molecule has 5 atom stereocenters. The van der Waals surface area contributed by atoms with E-state index in [9.17, 15) is 9.59 Å². The number of carbonyl (C=O) groups excluding carboxylic acids is 2. The Morgan fingerprint density at radius 2 is 2.00 bits per heavy atom. The van der Waals surface area contributed by atoms with Gasteiger partial charge in [0.1, 0.15) is 17.8 Å². The third kappa shape index (κ3) is 3.05. The van der Waals surface area contributed by atoms with E-state index in [2.05, 4.69) is 6.92 Å². The summed E-state index contributed by atoms with van der Waals surface area (Å²) in [4.78, 5) is 23.7. The first kappa shape index (κ1) is 15.5. The molecule has 0 aliphatic carbocycles. The summed E-state index contributed by atoms with van der Waals surface area (Å²) in [6.07, 6.45) is 4.00. The lowest BCUT2D eigenvalue weighted by molar-refractivity contribution is -0.241. The monoisotopic (exact) mass is 308 g/mol. The summed E-state index contributed by atoms with van der Waals surface area (Å²) in [6, 6.07) is 0. The molecule has 0 aromatic rings. The van der Waals surface area contributed by atoms with Crippen molar-refractivity contribution in [3.8, 4) is 0 Å². The van der Waals surface area contributed by atoms with Crippen molar-refractivity contribution >= 4 is 11.9 Å². The number of carbonyl (C=O) groups is 2. The van der Waals surface area contributed by atoms with E-state index in [0.717, 1.165) is 18.4 Å². The van der Waals surface area contributed by atoms with E-state index in [1.165, 1.54) is 6.08 Å². The topological polar surface area (TPSA) is 61.8 Å². The van der Waals surface area contributed by atoms with Crippen LogP contribution in [0.5, 0.6) is 0 Å². The van der Waals surface area contributed by atoms with Gasteiger partial charge in [0.2, 0.25) is 0 Å². The average Bonchev–Trinajstić information content (AvgIpc) is 2.52. The van der Waals surface area contributed by atoms with Crippen molar-refractivity contribution in [1.82, 2.24) is 0 Å². The summed E-state index contributed by atoms with van der Waals surface area (Å²) in [7, 11) is 0. The summed E-state index contributed by atoms with van der Waals surface area (Å²) in [5.41, 5.74) is 0.462. The fourth-order valence-corrected chi connectivity index (χ4v) is 3.90. The van der Waals surface area contributed by atoms with Crippen LogP contribution in [-0.4, -0.2) is 35.9 Å². The predicted molar refractivity (Wildman–Crippen MR) is 79.0 cm³/mol. The molecule has 2 saturated heterocycles. The summed E-state index contributed by atoms with van der Waals surface area (Å²) < 4.78 is 17.4. The number of fused-ring (bicyclic) bond motifs is 2. The van der Waals surface area contributed by atoms with Gasteiger partial charge in [0.15, 0.2) is 0 Å². The van der Waals surface area contributed by atoms with Crippen molar-refractivity contribution in [1.29, 1.82) is 0 Å². The molecule has 0 aromatic heterocycles. The highest BCUT2D eigenvalue weighted by molar-refractivity contribution is 5.83. The molecule has 5 heteroatoms. The molecule has 5 nitrogen and oxygen atoms in total. The Morgan fingerprint density at radius 3 is 2.77 bits per heavy atom. The highest BCUT2D eigenvalue weighted by Gasteiger charge is 2.50. The van der Waals surface area contributed by atoms with Crippen LogP contribution in [0.4, 0.5) is 0 Å². The normalized spacial score (nSPS) is 42.6. The molecule has 0 radical (unpaired) electrons. The van der Waals surface area contributed by atoms with Crippen LogP contribution >= 0.6 is 0 Å². The largest absolute Gasteiger partial charge is 0.459 e. The Morgan fingerprint density at radius 1 is 1.23 bits per heavy atom. The molecule has 0 N–H and O–H groups in total. The molecular formula is C17H24O5. The van der Waals surface area contributed by atoms with Crippen LogP contribution in [0.15, 0.2) is 11.6 Å². The summed E-state index contributed by atoms with van der Waals surface area (Å²) in [5, 5.41) is 0. The van der Waals surface area contributed by atoms with Crippen molar-refractivity contribution in [3.63, 3.8) is 0 Å². The van der Waals surface area contributed by atoms with Gasteiger partial charge in [-0.05, 0) is 39.0 Å². The zero-order valence-electron chi connectivity index (χ0n) is 13.5. The minimum Gasteiger partial charge on any atom is -0.459 e. The van der Waals surface area contributed by atoms with Crippen LogP contribution < -0.4 is 0 Å². The Labute approximate surface area is 131 Å². The van der Waals surface area contributed by atoms with Crippen LogP contribution in [0.2, 0.25) is 0 Å². The van der Waals surface area contributed by atoms with Gasteiger partial charge in [-0.2, -0.15) is 0 Å². The summed E-state index contributed by atoms with van der Waals surface area (Å²) in [6.45, 7) is 6.09. The Balaban J connectivity index is 1.85. The SMILES string of the molecule is CC1=CC(=O)O[C@@H]2C[C@@H]3OC(=O)CC[C@@H](C)C[C@@]3(C)O[C@H]2C1. The van der Waals surface area contributed by atoms with Crippen molar-refractivity contribution in [3.05, 3.63) is 11.6 Å². The van der Waals surface area contributed by atoms with Gasteiger partial charge in [0.25, 0.3) is 0 Å². The number of ether oxygens (including phenoxy) is 3. The van der Waals surface area contributed by atoms with Crippen molar-refractivity contribution in [2.75, 3.05) is 0 Å². The standard InChI is InChI=1S/C17H24O5/c1-10-4-5-15(18)21-14-8-12-13(22-17(14,3)9-10)6-11(2)7-16(19)20-12/h7,10,12-14H,4-6,8-9H2,1-3H3/t10-,12-,13+,14+,17-/m1/s1. The maximum atomic E-state index is 11.9. The second-order valence-corrected chi connectivity index (χ2v) is 7.20. The van der Waals surface area contributed by atoms with Gasteiger partial charge in [0.05, 0.1) is 6.10 Å². The van der Waals surface area contributed by atoms with E-state index in [1.807, 2.05) is 13.8 Å². The fraction of sp³-hybridized carbons (Fsp3) is 0.765. The Kier molecular flexibility index (Phi) is 4.02. The smallest absolute Gasteiger partial charge is 0.331 e. The van der Waals surface area contributed by atoms with Gasteiger partial charge in [-0.25, -0.2) is 4.79 Å². The highest BCUT2D eigenvalue weighted by Crippen LogP contribution is 2.41. The van der Waals surface area contributed by atoms with Crippen molar-refractivity contribution in [2.45, 2.75) is 76.8 Å². The van der Waals surface area contributed by atoms with Gasteiger partial charge in [-0.3, -0.25) is 4.79 Å². The molecule has 0 amide bonds. The minimum atomic E-state index is -0.506. The number of hydrogen-bond acceptors (Lipinski definition) is 5. The van der Waals surface area contributed by atoms with E-state index < -0.39 is 5.60 Å². The van der Waals surface area contributed by atoms with E-state index in [4.69, 9.17) is 14.2 Å². The Hall–Kier alpha value is -1.36. The minimum absolute atomic E-state index is 0.158. The van der Waals surface area contributed by atoms with Crippen molar-refractivity contribution < 1.29 is 23.8 Å². The van der Waals surface area contributed by atoms with Crippen LogP contribution in [0.1, 0.15) is 52.9 Å². The van der Waals surface area contributed by atoms with Crippen LogP contribution in [0, 0.1) is 5.92 Å². The van der Waals surface area contributed by atoms with Crippen LogP contribution in [-0.2, 0) is 23.8 Å². The number of esters is 2. The quantitative estimate of drug-likeness (QED) is 0.644. The molecule has 3 rings (SSSR count). The van der Waals surface area contributed by atoms with E-state index >= 15 is 0 Å². The van der Waals surface area contributed by atoms with Crippen LogP contribution in [0.3, 0.4) is 0 Å². The molecular weight excluding hydrogens is 284 g/mol. The molecule has 0 unspecified atom stereocenters. The van der Waals surface area contributed by atoms with Crippen molar-refractivity contribution in [2.24, 2.45) is 5.92 Å². The lowest BCUT2D eigenvalue weighted by atomic mass is 9.79. The molecule has 0 saturated carbocycles. The van der Waals surface area contributed by atoms with E-state index in [-0.39, 0.29) is 30.3 Å². The van der Waals surface area contributed by atoms with Gasteiger partial charge in [0, 0.05) is 18.9 Å². The maximum Gasteiger partial charge on any atom is 0.331 e. The molecule has 2 fully saturated rings. The zero-order chi connectivity index (χ0) is 15.9. The first-order valence-electron chi connectivity index (χ1n) is 8.11. The van der Waals surface area contributed by atoms with Gasteiger partial charge in [-0.15, -0.1) is 0 Å². The average molecular weight is 308 g/mol. The molecule has 0 aromatic carbocycles. The second-order valence-electron chi connectivity index (χ2n) is 7.20. The first-order chi connectivity index (χ1) is 10.4. The molecule has 0 bridgehead atoms. The van der Waals surface area contributed by atoms with E-state index in [0.29, 0.717) is 25.2 Å². The molecule has 3 aliphatic heterocycles. The van der Waals surface area contributed by atoms with Gasteiger partial charge >= 0.3 is 11.9 Å². The van der Waals surface area contributed by atoms with Gasteiger partial charge in [-0.1, -0.05) is 12.5 Å². The maximum absolute atomic E-state index is 11.9. The number of hydrogen-bond donors (Lipinski definition) is 0. The fourth-order valence-electron chi connectivity index (χ4n) is 3.90. The second kappa shape index (κ2) is 5.69. The van der Waals surface area contributed by atoms with Gasteiger partial charge < -0.3 is 14.2 Å². The molecule has 3 heterocycles. The van der Waals surface area contributed by atoms with Crippen LogP contribution in [0.25, 0.3) is 0 Å². The third-order valence-electron chi connectivity index (χ3n) is 4.99. The van der Waals surface area contributed by atoms with E-state index in [1.54, 1.807) is 0 Å².